The van der Waals surface area contributed by atoms with Gasteiger partial charge in [-0.15, -0.1) is 11.8 Å². The number of hydrogen-bond donors (Lipinski definition) is 1. The Morgan fingerprint density at radius 2 is 2.29 bits per heavy atom. The first-order valence-corrected chi connectivity index (χ1v) is 11.8. The van der Waals surface area contributed by atoms with Crippen LogP contribution in [0.15, 0.2) is 45.9 Å². The number of carbonyl (C=O) groups excluding carboxylic acids is 2. The molecule has 4 heterocycles. The van der Waals surface area contributed by atoms with Gasteiger partial charge in [-0.05, 0) is 37.7 Å². The van der Waals surface area contributed by atoms with Crippen molar-refractivity contribution in [1.29, 1.82) is 0 Å². The molecule has 0 saturated carbocycles. The Balaban J connectivity index is 1.48. The van der Waals surface area contributed by atoms with Gasteiger partial charge in [0.25, 0.3) is 7.98 Å². The van der Waals surface area contributed by atoms with Crippen molar-refractivity contribution in [2.75, 3.05) is 5.75 Å². The van der Waals surface area contributed by atoms with Crippen molar-refractivity contribution in [3.05, 3.63) is 46.9 Å². The van der Waals surface area contributed by atoms with Crippen LogP contribution in [0.2, 0.25) is 0 Å². The van der Waals surface area contributed by atoms with Crippen molar-refractivity contribution in [2.24, 2.45) is 16.5 Å². The second-order valence-corrected chi connectivity index (χ2v) is 9.38. The fraction of sp³-hybridized carbons (Fsp3) is 0.450. The molecule has 160 valence electrons. The minimum absolute atomic E-state index is 0.0174. The highest BCUT2D eigenvalue weighted by atomic mass is 32.2. The number of nitrogens with zero attached hydrogens (tertiary/aromatic N) is 4. The van der Waals surface area contributed by atoms with Crippen LogP contribution >= 0.6 is 20.4 Å². The standard InChI is InChI=1S/C20H22BN4O4PS/c1-11-16-15(12(2)26)19(27)25(16)17(20(28)29-30-23-21)18(11)31-10-4-6-13-5-3-7-14-22-8-9-24(13)14/h3,5,7-9,11-12,15-16,26H,4,6,10H2,1-2H3/t11-,12?,15?,16?/m1/s1. The van der Waals surface area contributed by atoms with Crippen LogP contribution in [-0.2, 0) is 20.5 Å². The lowest BCUT2D eigenvalue weighted by Gasteiger charge is -2.46. The molecular formula is C20H22BN4O4PS. The van der Waals surface area contributed by atoms with E-state index in [1.165, 1.54) is 10.6 Å². The van der Waals surface area contributed by atoms with Gasteiger partial charge >= 0.3 is 5.97 Å². The smallest absolute Gasteiger partial charge is 0.365 e. The van der Waals surface area contributed by atoms with E-state index in [9.17, 15) is 14.7 Å². The number of rotatable bonds is 8. The SMILES string of the molecule is [B]N=POC(=O)C1=C(SCCCc2cccc3nccn23)[C@H](C)C2C(C(C)O)C(=O)N12. The Labute approximate surface area is 187 Å². The maximum Gasteiger partial charge on any atom is 0.365 e. The second-order valence-electron chi connectivity index (χ2n) is 7.67. The average molecular weight is 456 g/mol. The molecule has 0 bridgehead atoms. The van der Waals surface area contributed by atoms with Crippen LogP contribution in [0.3, 0.4) is 0 Å². The Hall–Kier alpha value is -2.16. The quantitative estimate of drug-likeness (QED) is 0.284. The summed E-state index contributed by atoms with van der Waals surface area (Å²) in [5.41, 5.74) is 2.34. The second kappa shape index (κ2) is 9.14. The average Bonchev–Trinajstić information content (AvgIpc) is 3.31. The Kier molecular flexibility index (Phi) is 6.51. The molecule has 1 fully saturated rings. The molecule has 2 aromatic rings. The number of β-lactam (4-membered cyclic amide) rings is 1. The van der Waals surface area contributed by atoms with E-state index in [1.807, 2.05) is 25.3 Å². The fourth-order valence-electron chi connectivity index (χ4n) is 4.46. The number of pyridine rings is 1. The number of aliphatic hydroxyl groups is 1. The number of carbonyl (C=O) groups is 2. The van der Waals surface area contributed by atoms with E-state index in [-0.39, 0.29) is 32.2 Å². The number of amides is 1. The maximum absolute atomic E-state index is 12.7. The highest BCUT2D eigenvalue weighted by molar-refractivity contribution is 8.03. The van der Waals surface area contributed by atoms with Gasteiger partial charge in [0.2, 0.25) is 14.5 Å². The van der Waals surface area contributed by atoms with Crippen LogP contribution in [0.4, 0.5) is 0 Å². The summed E-state index contributed by atoms with van der Waals surface area (Å²) in [6.45, 7) is 3.59. The topological polar surface area (TPSA) is 96.5 Å². The van der Waals surface area contributed by atoms with E-state index in [0.29, 0.717) is 0 Å². The molecule has 2 radical (unpaired) electrons. The van der Waals surface area contributed by atoms with Gasteiger partial charge in [-0.1, -0.05) is 13.0 Å². The molecule has 2 aliphatic heterocycles. The summed E-state index contributed by atoms with van der Waals surface area (Å²) in [6, 6.07) is 5.80. The zero-order valence-electron chi connectivity index (χ0n) is 17.2. The monoisotopic (exact) mass is 456 g/mol. The summed E-state index contributed by atoms with van der Waals surface area (Å²) in [6.07, 6.45) is 4.70. The predicted octanol–water partition coefficient (Wildman–Crippen LogP) is 2.74. The van der Waals surface area contributed by atoms with Gasteiger partial charge in [0.15, 0.2) is 0 Å². The zero-order chi connectivity index (χ0) is 22.1. The lowest BCUT2D eigenvalue weighted by atomic mass is 9.79. The van der Waals surface area contributed by atoms with Gasteiger partial charge in [0.1, 0.15) is 11.3 Å². The molecule has 31 heavy (non-hydrogen) atoms. The van der Waals surface area contributed by atoms with Crippen LogP contribution in [0.5, 0.6) is 0 Å². The van der Waals surface area contributed by atoms with E-state index in [2.05, 4.69) is 20.1 Å². The van der Waals surface area contributed by atoms with Gasteiger partial charge in [0.05, 0.1) is 18.1 Å². The molecule has 11 heteroatoms. The van der Waals surface area contributed by atoms with Crippen molar-refractivity contribution in [3.8, 4) is 0 Å². The minimum Gasteiger partial charge on any atom is -0.393 e. The number of aliphatic hydroxyl groups excluding tert-OH is 1. The van der Waals surface area contributed by atoms with Crippen molar-refractivity contribution < 1.29 is 19.2 Å². The molecule has 4 atom stereocenters. The molecule has 4 rings (SSSR count). The summed E-state index contributed by atoms with van der Waals surface area (Å²) in [4.78, 5) is 31.9. The van der Waals surface area contributed by atoms with Crippen molar-refractivity contribution in [2.45, 2.75) is 38.8 Å². The number of aryl methyl sites for hydroxylation is 1. The molecule has 0 aromatic carbocycles. The van der Waals surface area contributed by atoms with E-state index >= 15 is 0 Å². The number of fused-ring (bicyclic) bond motifs is 2. The fourth-order valence-corrected chi connectivity index (χ4v) is 5.89. The Bertz CT molecular complexity index is 1070. The first kappa shape index (κ1) is 22.1. The van der Waals surface area contributed by atoms with Crippen LogP contribution < -0.4 is 0 Å². The number of thioether (sulfide) groups is 1. The largest absolute Gasteiger partial charge is 0.393 e. The normalized spacial score (nSPS) is 24.0. The third kappa shape index (κ3) is 3.92. The zero-order valence-corrected chi connectivity index (χ0v) is 18.9. The molecule has 0 spiro atoms. The minimum atomic E-state index is -0.773. The van der Waals surface area contributed by atoms with Gasteiger partial charge in [-0.3, -0.25) is 4.79 Å². The number of aromatic nitrogens is 2. The molecule has 1 saturated heterocycles. The maximum atomic E-state index is 12.7. The van der Waals surface area contributed by atoms with Crippen molar-refractivity contribution >= 4 is 45.9 Å². The summed E-state index contributed by atoms with van der Waals surface area (Å²) < 4.78 is 10.4. The molecule has 0 aliphatic carbocycles. The molecule has 8 nitrogen and oxygen atoms in total. The summed E-state index contributed by atoms with van der Waals surface area (Å²) in [5, 5.41) is 10.0. The lowest BCUT2D eigenvalue weighted by molar-refractivity contribution is -0.162. The third-order valence-electron chi connectivity index (χ3n) is 5.82. The molecule has 2 aliphatic rings. The summed E-state index contributed by atoms with van der Waals surface area (Å²) >= 11 is 1.57. The number of hydrogen-bond acceptors (Lipinski definition) is 7. The van der Waals surface area contributed by atoms with Crippen LogP contribution in [0, 0.1) is 11.8 Å². The molecule has 1 amide bonds. The molecule has 2 aromatic heterocycles. The van der Waals surface area contributed by atoms with E-state index in [4.69, 9.17) is 12.5 Å². The van der Waals surface area contributed by atoms with E-state index < -0.39 is 18.0 Å². The van der Waals surface area contributed by atoms with Gasteiger partial charge in [0, 0.05) is 28.9 Å². The predicted molar refractivity (Wildman–Crippen MR) is 119 cm³/mol. The third-order valence-corrected chi connectivity index (χ3v) is 7.53. The molecule has 3 unspecified atom stereocenters. The van der Waals surface area contributed by atoms with Crippen molar-refractivity contribution in [3.63, 3.8) is 0 Å². The van der Waals surface area contributed by atoms with Crippen LogP contribution in [0.1, 0.15) is 26.0 Å². The van der Waals surface area contributed by atoms with E-state index in [0.717, 1.165) is 29.1 Å². The highest BCUT2D eigenvalue weighted by Gasteiger charge is 2.60. The molecular weight excluding hydrogens is 434 g/mol. The van der Waals surface area contributed by atoms with Gasteiger partial charge < -0.3 is 23.6 Å². The Morgan fingerprint density at radius 3 is 3.03 bits per heavy atom. The molecule has 1 N–H and O–H groups in total. The Morgan fingerprint density at radius 1 is 1.48 bits per heavy atom. The van der Waals surface area contributed by atoms with E-state index in [1.54, 1.807) is 24.9 Å². The lowest BCUT2D eigenvalue weighted by Crippen LogP contribution is -2.63. The van der Waals surface area contributed by atoms with Crippen LogP contribution in [0.25, 0.3) is 5.65 Å². The van der Waals surface area contributed by atoms with Gasteiger partial charge in [-0.25, -0.2) is 9.78 Å². The first-order chi connectivity index (χ1) is 15.0. The summed E-state index contributed by atoms with van der Waals surface area (Å²) in [7, 11) is 5.06. The summed E-state index contributed by atoms with van der Waals surface area (Å²) in [5.74, 6) is -0.662. The first-order valence-electron chi connectivity index (χ1n) is 10.1. The number of imidazole rings is 1. The highest BCUT2D eigenvalue weighted by Crippen LogP contribution is 2.51. The van der Waals surface area contributed by atoms with Crippen LogP contribution in [-0.4, -0.2) is 57.1 Å². The van der Waals surface area contributed by atoms with Gasteiger partial charge in [-0.2, -0.15) is 0 Å². The van der Waals surface area contributed by atoms with Crippen molar-refractivity contribution in [1.82, 2.24) is 14.3 Å².